The van der Waals surface area contributed by atoms with E-state index in [1.54, 1.807) is 0 Å². The van der Waals surface area contributed by atoms with Gasteiger partial charge in [-0.2, -0.15) is 16.8 Å². The molecule has 2 radical (unpaired) electrons. The van der Waals surface area contributed by atoms with Crippen LogP contribution in [-0.2, 0) is 72.2 Å². The summed E-state index contributed by atoms with van der Waals surface area (Å²) >= 11 is 0. The first-order chi connectivity index (χ1) is 23.5. The van der Waals surface area contributed by atoms with Crippen molar-refractivity contribution in [3.05, 3.63) is 6.61 Å². The first-order valence-electron chi connectivity index (χ1n) is 15.4. The van der Waals surface area contributed by atoms with E-state index in [0.717, 1.165) is 0 Å². The molecule has 288 valence electrons. The summed E-state index contributed by atoms with van der Waals surface area (Å²) in [5, 5.41) is 74.2. The van der Waals surface area contributed by atoms with Crippen LogP contribution in [0, 0.1) is 12.5 Å². The molecule has 23 nitrogen and oxygen atoms in total. The lowest BCUT2D eigenvalue weighted by atomic mass is 9.83. The van der Waals surface area contributed by atoms with Crippen LogP contribution >= 0.6 is 0 Å². The molecule has 0 saturated carbocycles. The molecule has 0 spiro atoms. The van der Waals surface area contributed by atoms with Gasteiger partial charge in [-0.15, -0.1) is 0 Å². The molecular weight excluding hydrogens is 732 g/mol. The lowest BCUT2D eigenvalue weighted by molar-refractivity contribution is -0.353. The zero-order chi connectivity index (χ0) is 36.3. The molecule has 25 heteroatoms. The van der Waals surface area contributed by atoms with Gasteiger partial charge in [0, 0.05) is 5.92 Å². The van der Waals surface area contributed by atoms with Crippen molar-refractivity contribution in [1.82, 2.24) is 0 Å². The van der Waals surface area contributed by atoms with E-state index >= 15 is 0 Å². The van der Waals surface area contributed by atoms with Crippen molar-refractivity contribution in [1.29, 1.82) is 0 Å². The van der Waals surface area contributed by atoms with E-state index in [0.29, 0.717) is 0 Å². The van der Waals surface area contributed by atoms with E-state index in [2.05, 4.69) is 0 Å². The van der Waals surface area contributed by atoms with Crippen LogP contribution in [0.1, 0.15) is 6.42 Å². The minimum atomic E-state index is -5.37. The molecule has 8 N–H and O–H groups in total. The van der Waals surface area contributed by atoms with Crippen molar-refractivity contribution in [2.24, 2.45) is 5.92 Å². The van der Waals surface area contributed by atoms with Crippen LogP contribution in [-0.4, -0.2) is 193 Å². The lowest BCUT2D eigenvalue weighted by Crippen LogP contribution is -2.65. The molecule has 6 aliphatic rings. The van der Waals surface area contributed by atoms with Crippen molar-refractivity contribution in [2.45, 2.75) is 117 Å². The Morgan fingerprint density at radius 1 is 0.660 bits per heavy atom. The van der Waals surface area contributed by atoms with Gasteiger partial charge in [-0.3, -0.25) is 9.11 Å². The summed E-state index contributed by atoms with van der Waals surface area (Å²) in [6, 6.07) is 0. The number of aliphatic hydroxyl groups is 6. The molecule has 6 rings (SSSR count). The summed E-state index contributed by atoms with van der Waals surface area (Å²) in [7, 11) is -10.7. The van der Waals surface area contributed by atoms with Gasteiger partial charge in [0.05, 0.1) is 44.7 Å². The van der Waals surface area contributed by atoms with Gasteiger partial charge in [0.25, 0.3) is 0 Å². The molecule has 50 heavy (non-hydrogen) atoms. The fraction of sp³-hybridized carbons (Fsp3) is 0.960. The Bertz CT molecular complexity index is 1380. The largest absolute Gasteiger partial charge is 0.397 e. The van der Waals surface area contributed by atoms with Crippen molar-refractivity contribution in [3.63, 3.8) is 0 Å². The average Bonchev–Trinajstić information content (AvgIpc) is 3.50. The molecule has 19 atom stereocenters. The van der Waals surface area contributed by atoms with Gasteiger partial charge < -0.3 is 68.5 Å². The molecule has 6 fully saturated rings. The van der Waals surface area contributed by atoms with E-state index in [1.807, 2.05) is 0 Å². The fourth-order valence-electron chi connectivity index (χ4n) is 7.13. The maximum atomic E-state index is 12.4. The van der Waals surface area contributed by atoms with Crippen LogP contribution in [0.5, 0.6) is 0 Å². The van der Waals surface area contributed by atoms with Crippen LogP contribution in [0.3, 0.4) is 0 Å². The Morgan fingerprint density at radius 2 is 1.28 bits per heavy atom. The minimum Gasteiger partial charge on any atom is -0.394 e. The van der Waals surface area contributed by atoms with Crippen LogP contribution < -0.4 is 0 Å². The van der Waals surface area contributed by atoms with E-state index in [9.17, 15) is 61.7 Å². The van der Waals surface area contributed by atoms with Crippen LogP contribution in [0.15, 0.2) is 0 Å². The summed E-state index contributed by atoms with van der Waals surface area (Å²) in [5.74, 6) is -0.588. The maximum Gasteiger partial charge on any atom is 0.397 e. The van der Waals surface area contributed by atoms with E-state index < -0.39 is 150 Å². The van der Waals surface area contributed by atoms with Crippen LogP contribution in [0.25, 0.3) is 0 Å². The first-order valence-corrected chi connectivity index (χ1v) is 18.1. The topological polar surface area (TPSA) is 342 Å². The molecule has 0 aromatic heterocycles. The van der Waals surface area contributed by atoms with Gasteiger partial charge in [-0.1, -0.05) is 0 Å². The number of ether oxygens (including phenoxy) is 8. The number of aliphatic hydroxyl groups excluding tert-OH is 6. The number of hydrogen-bond donors (Lipinski definition) is 8. The van der Waals surface area contributed by atoms with Crippen LogP contribution in [0.4, 0.5) is 0 Å². The summed E-state index contributed by atoms with van der Waals surface area (Å²) in [4.78, 5) is 0. The Hall–Kier alpha value is -0.860. The number of rotatable bonds is 12. The maximum absolute atomic E-state index is 12.4. The van der Waals surface area contributed by atoms with E-state index in [-0.39, 0.29) is 19.6 Å². The summed E-state index contributed by atoms with van der Waals surface area (Å²) < 4.78 is 122. The average molecular weight is 771 g/mol. The Morgan fingerprint density at radius 3 is 1.94 bits per heavy atom. The fourth-order valence-corrected chi connectivity index (χ4v) is 8.12. The Labute approximate surface area is 284 Å². The highest BCUT2D eigenvalue weighted by molar-refractivity contribution is 7.81. The smallest absolute Gasteiger partial charge is 0.394 e. The van der Waals surface area contributed by atoms with E-state index in [1.165, 1.54) is 6.61 Å². The zero-order valence-corrected chi connectivity index (χ0v) is 27.2. The molecular formula is C25H38O23S2. The van der Waals surface area contributed by atoms with Crippen molar-refractivity contribution in [3.8, 4) is 0 Å². The lowest BCUT2D eigenvalue weighted by Gasteiger charge is -2.48. The third kappa shape index (κ3) is 7.98. The number of fused-ring (bicyclic) bond motifs is 4. The van der Waals surface area contributed by atoms with Crippen LogP contribution in [0.2, 0.25) is 0 Å². The van der Waals surface area contributed by atoms with Gasteiger partial charge in [-0.05, 0) is 6.42 Å². The van der Waals surface area contributed by atoms with E-state index in [4.69, 9.17) is 46.3 Å². The zero-order valence-electron chi connectivity index (χ0n) is 25.6. The van der Waals surface area contributed by atoms with Gasteiger partial charge in [-0.25, -0.2) is 13.5 Å². The van der Waals surface area contributed by atoms with Gasteiger partial charge in [0.1, 0.15) is 73.8 Å². The predicted octanol–water partition coefficient (Wildman–Crippen LogP) is -6.06. The highest BCUT2D eigenvalue weighted by Crippen LogP contribution is 2.42. The highest BCUT2D eigenvalue weighted by atomic mass is 32.3. The van der Waals surface area contributed by atoms with Crippen molar-refractivity contribution < 1.29 is 108 Å². The second-order valence-corrected chi connectivity index (χ2v) is 14.7. The van der Waals surface area contributed by atoms with Crippen molar-refractivity contribution >= 4 is 20.8 Å². The van der Waals surface area contributed by atoms with Crippen molar-refractivity contribution in [2.75, 3.05) is 26.4 Å². The van der Waals surface area contributed by atoms with Gasteiger partial charge in [0.15, 0.2) is 24.8 Å². The molecule has 6 aliphatic heterocycles. The highest BCUT2D eigenvalue weighted by Gasteiger charge is 2.60. The molecule has 0 unspecified atom stereocenters. The second kappa shape index (κ2) is 15.1. The Kier molecular flexibility index (Phi) is 11.7. The minimum absolute atomic E-state index is 0.0831. The normalized spacial score (nSPS) is 49.7. The summed E-state index contributed by atoms with van der Waals surface area (Å²) in [6.07, 6.45) is -28.9. The van der Waals surface area contributed by atoms with Gasteiger partial charge in [0.2, 0.25) is 0 Å². The second-order valence-electron chi connectivity index (χ2n) is 12.6. The first kappa shape index (κ1) is 38.9. The molecule has 4 bridgehead atoms. The molecule has 6 saturated heterocycles. The monoisotopic (exact) mass is 770 g/mol. The molecule has 0 aromatic carbocycles. The standard InChI is InChI=1S/C25H38O23S2/c26-2-10-14(29)16(31)17(32)24(43-10)45-19-13-6-41-22(19)23(48-50(36,37)38)25(44-13)46-21-15(30)9(42-11(3-27)20(21)47-49(33,34)35)1-7-12-5-40-18(7)8(28)4-39-12/h4,7-30,32H,1-3,5-6H2,(H,33,34,35)(H,36,37,38)/t7-,8-,9-,10+,11+,12+,13+,14-,15-,16-,17+,18-,19-,20-,21+,22-,23+,24-,25+/m0/s1. The molecule has 0 aliphatic carbocycles. The number of hydrogen-bond acceptors (Lipinski definition) is 20. The summed E-state index contributed by atoms with van der Waals surface area (Å²) in [6.45, 7) is -0.909. The summed E-state index contributed by atoms with van der Waals surface area (Å²) in [5.41, 5.74) is 0. The molecule has 0 aromatic rings. The molecule has 0 amide bonds. The SMILES string of the molecule is [O][C@H]1[C@@H](O)[C@@H](CO)O[C@@H](O[C@@H]2[C@@H]3OC[C@H]2O[C@H](O[C@@H]2[C@@H](O)[C@H](C[C@@H]4[C@@H]5OC[C@H]4O[CH][C@@H]5O)O[C@H](CO)[C@@H]2OS(=O)(=O)O)[C@@H]3OS(=O)(=O)O)[C@@H]1O. The Balaban J connectivity index is 1.26. The third-order valence-electron chi connectivity index (χ3n) is 9.44. The quantitative estimate of drug-likeness (QED) is 0.0856. The van der Waals surface area contributed by atoms with Gasteiger partial charge >= 0.3 is 20.8 Å². The molecule has 6 heterocycles. The predicted molar refractivity (Wildman–Crippen MR) is 148 cm³/mol. The third-order valence-corrected chi connectivity index (χ3v) is 10.4.